The topological polar surface area (TPSA) is 58.4 Å². The van der Waals surface area contributed by atoms with E-state index in [4.69, 9.17) is 5.73 Å². The number of nitrogens with zero attached hydrogens (tertiary/aromatic N) is 1. The number of nitrogens with one attached hydrogen (secondary N) is 1. The molecule has 1 amide bonds. The van der Waals surface area contributed by atoms with Crippen LogP contribution in [0.25, 0.3) is 0 Å². The fourth-order valence-corrected chi connectivity index (χ4v) is 2.17. The van der Waals surface area contributed by atoms with Crippen molar-refractivity contribution in [3.63, 3.8) is 0 Å². The highest BCUT2D eigenvalue weighted by Crippen LogP contribution is 2.22. The smallest absolute Gasteiger partial charge is 0.233 e. The fourth-order valence-electron chi connectivity index (χ4n) is 2.17. The Morgan fingerprint density at radius 2 is 2.00 bits per heavy atom. The van der Waals surface area contributed by atoms with Gasteiger partial charge in [-0.2, -0.15) is 0 Å². The number of hydrogen-bond acceptors (Lipinski definition) is 3. The molecule has 0 aliphatic rings. The second-order valence-electron chi connectivity index (χ2n) is 4.45. The Balaban J connectivity index is 2.92. The number of carbonyl (C=O) groups excluding carboxylic acids is 1. The van der Waals surface area contributed by atoms with Gasteiger partial charge in [0, 0.05) is 13.1 Å². The first-order valence-corrected chi connectivity index (χ1v) is 6.35. The predicted octanol–water partition coefficient (Wildman–Crippen LogP) is 1.14. The molecule has 0 spiro atoms. The molecule has 18 heavy (non-hydrogen) atoms. The molecule has 4 heteroatoms. The van der Waals surface area contributed by atoms with Gasteiger partial charge in [-0.1, -0.05) is 37.3 Å². The average Bonchev–Trinajstić information content (AvgIpc) is 2.38. The molecule has 1 aromatic carbocycles. The van der Waals surface area contributed by atoms with Gasteiger partial charge in [0.15, 0.2) is 0 Å². The zero-order valence-electron chi connectivity index (χ0n) is 11.4. The second kappa shape index (κ2) is 7.13. The summed E-state index contributed by atoms with van der Waals surface area (Å²) in [6.07, 6.45) is 0. The normalized spacial score (nSPS) is 14.3. The van der Waals surface area contributed by atoms with Crippen molar-refractivity contribution in [3.05, 3.63) is 35.9 Å². The van der Waals surface area contributed by atoms with Crippen molar-refractivity contribution >= 4 is 5.91 Å². The Hall–Kier alpha value is -1.39. The summed E-state index contributed by atoms with van der Waals surface area (Å²) >= 11 is 0. The van der Waals surface area contributed by atoms with Gasteiger partial charge in [0.05, 0.1) is 12.6 Å². The molecule has 0 heterocycles. The molecule has 0 aromatic heterocycles. The van der Waals surface area contributed by atoms with Gasteiger partial charge in [-0.3, -0.25) is 9.69 Å². The van der Waals surface area contributed by atoms with Crippen LogP contribution in [-0.4, -0.2) is 37.0 Å². The van der Waals surface area contributed by atoms with Crippen LogP contribution < -0.4 is 11.1 Å². The molecule has 2 atom stereocenters. The summed E-state index contributed by atoms with van der Waals surface area (Å²) in [5.74, 6) is 0.0124. The lowest BCUT2D eigenvalue weighted by Crippen LogP contribution is -2.44. The van der Waals surface area contributed by atoms with Gasteiger partial charge in [-0.15, -0.1) is 0 Å². The van der Waals surface area contributed by atoms with Crippen molar-refractivity contribution in [1.82, 2.24) is 10.2 Å². The van der Waals surface area contributed by atoms with Crippen molar-refractivity contribution in [3.8, 4) is 0 Å². The van der Waals surface area contributed by atoms with E-state index in [0.29, 0.717) is 6.54 Å². The molecule has 0 radical (unpaired) electrons. The van der Waals surface area contributed by atoms with Crippen LogP contribution >= 0.6 is 0 Å². The molecule has 4 nitrogen and oxygen atoms in total. The summed E-state index contributed by atoms with van der Waals surface area (Å²) in [7, 11) is 1.65. The molecule has 2 unspecified atom stereocenters. The first kappa shape index (κ1) is 14.7. The molecule has 0 saturated heterocycles. The summed E-state index contributed by atoms with van der Waals surface area (Å²) in [4.78, 5) is 13.6. The number of rotatable bonds is 6. The Labute approximate surface area is 109 Å². The minimum atomic E-state index is -0.0305. The Morgan fingerprint density at radius 1 is 1.39 bits per heavy atom. The molecule has 100 valence electrons. The summed E-state index contributed by atoms with van der Waals surface area (Å²) in [6, 6.07) is 10.1. The molecule has 0 aliphatic heterocycles. The van der Waals surface area contributed by atoms with Gasteiger partial charge < -0.3 is 11.1 Å². The van der Waals surface area contributed by atoms with E-state index < -0.39 is 0 Å². The van der Waals surface area contributed by atoms with Crippen molar-refractivity contribution in [2.75, 3.05) is 20.1 Å². The van der Waals surface area contributed by atoms with E-state index in [-0.39, 0.29) is 18.0 Å². The molecule has 3 N–H and O–H groups in total. The SMILES string of the molecule is CCN(CC(=O)NC)C(c1ccccc1)C(C)N. The number of hydrogen-bond donors (Lipinski definition) is 2. The number of carbonyl (C=O) groups is 1. The highest BCUT2D eigenvalue weighted by molar-refractivity contribution is 5.77. The zero-order valence-corrected chi connectivity index (χ0v) is 11.4. The van der Waals surface area contributed by atoms with Gasteiger partial charge in [-0.05, 0) is 19.0 Å². The van der Waals surface area contributed by atoms with Crippen LogP contribution in [0.3, 0.4) is 0 Å². The lowest BCUT2D eigenvalue weighted by molar-refractivity contribution is -0.122. The summed E-state index contributed by atoms with van der Waals surface area (Å²) in [5.41, 5.74) is 7.24. The van der Waals surface area contributed by atoms with E-state index in [0.717, 1.165) is 12.1 Å². The molecular weight excluding hydrogens is 226 g/mol. The molecule has 0 saturated carbocycles. The maximum absolute atomic E-state index is 11.5. The van der Waals surface area contributed by atoms with Crippen LogP contribution in [0.4, 0.5) is 0 Å². The highest BCUT2D eigenvalue weighted by Gasteiger charge is 2.24. The second-order valence-corrected chi connectivity index (χ2v) is 4.45. The minimum absolute atomic E-state index is 0.0124. The molecule has 1 rings (SSSR count). The monoisotopic (exact) mass is 249 g/mol. The van der Waals surface area contributed by atoms with Crippen LogP contribution in [0.5, 0.6) is 0 Å². The Kier molecular flexibility index (Phi) is 5.82. The van der Waals surface area contributed by atoms with Crippen LogP contribution in [0, 0.1) is 0 Å². The van der Waals surface area contributed by atoms with Crippen molar-refractivity contribution in [1.29, 1.82) is 0 Å². The van der Waals surface area contributed by atoms with Crippen LogP contribution in [0.15, 0.2) is 30.3 Å². The van der Waals surface area contributed by atoms with E-state index in [2.05, 4.69) is 22.3 Å². The first-order valence-electron chi connectivity index (χ1n) is 6.35. The number of likely N-dealkylation sites (N-methyl/N-ethyl adjacent to an activating group) is 2. The van der Waals surface area contributed by atoms with E-state index in [9.17, 15) is 4.79 Å². The minimum Gasteiger partial charge on any atom is -0.358 e. The number of amides is 1. The summed E-state index contributed by atoms with van der Waals surface area (Å²) in [5, 5.41) is 2.65. The lowest BCUT2D eigenvalue weighted by atomic mass is 9.99. The third kappa shape index (κ3) is 3.82. The third-order valence-electron chi connectivity index (χ3n) is 3.06. The maximum Gasteiger partial charge on any atom is 0.233 e. The Morgan fingerprint density at radius 3 is 2.44 bits per heavy atom. The van der Waals surface area contributed by atoms with E-state index in [1.165, 1.54) is 0 Å². The Bertz CT molecular complexity index is 365. The van der Waals surface area contributed by atoms with Gasteiger partial charge in [0.25, 0.3) is 0 Å². The van der Waals surface area contributed by atoms with E-state index >= 15 is 0 Å². The maximum atomic E-state index is 11.5. The summed E-state index contributed by atoms with van der Waals surface area (Å²) < 4.78 is 0. The largest absolute Gasteiger partial charge is 0.358 e. The molecule has 1 aromatic rings. The van der Waals surface area contributed by atoms with Crippen molar-refractivity contribution in [2.24, 2.45) is 5.73 Å². The molecule has 0 fully saturated rings. The average molecular weight is 249 g/mol. The first-order chi connectivity index (χ1) is 8.60. The molecule has 0 aliphatic carbocycles. The van der Waals surface area contributed by atoms with Crippen LogP contribution in [0.2, 0.25) is 0 Å². The van der Waals surface area contributed by atoms with E-state index in [1.807, 2.05) is 32.0 Å². The van der Waals surface area contributed by atoms with Gasteiger partial charge in [0.2, 0.25) is 5.91 Å². The van der Waals surface area contributed by atoms with Crippen molar-refractivity contribution < 1.29 is 4.79 Å². The number of nitrogens with two attached hydrogens (primary N) is 1. The van der Waals surface area contributed by atoms with Crippen LogP contribution in [0.1, 0.15) is 25.5 Å². The highest BCUT2D eigenvalue weighted by atomic mass is 16.1. The van der Waals surface area contributed by atoms with Gasteiger partial charge in [0.1, 0.15) is 0 Å². The van der Waals surface area contributed by atoms with Gasteiger partial charge in [-0.25, -0.2) is 0 Å². The number of benzene rings is 1. The molecule has 0 bridgehead atoms. The predicted molar refractivity (Wildman–Crippen MR) is 74.1 cm³/mol. The van der Waals surface area contributed by atoms with Crippen LogP contribution in [-0.2, 0) is 4.79 Å². The summed E-state index contributed by atoms with van der Waals surface area (Å²) in [6.45, 7) is 5.17. The quantitative estimate of drug-likeness (QED) is 0.795. The van der Waals surface area contributed by atoms with Gasteiger partial charge >= 0.3 is 0 Å². The van der Waals surface area contributed by atoms with Crippen molar-refractivity contribution in [2.45, 2.75) is 25.9 Å². The molecular formula is C14H23N3O. The standard InChI is InChI=1S/C14H23N3O/c1-4-17(10-13(18)16-3)14(11(2)15)12-8-6-5-7-9-12/h5-9,11,14H,4,10,15H2,1-3H3,(H,16,18). The third-order valence-corrected chi connectivity index (χ3v) is 3.06. The lowest BCUT2D eigenvalue weighted by Gasteiger charge is -2.33. The zero-order chi connectivity index (χ0) is 13.5. The van der Waals surface area contributed by atoms with E-state index in [1.54, 1.807) is 7.05 Å². The fraction of sp³-hybridized carbons (Fsp3) is 0.500.